The number of aryl methyl sites for hydroxylation is 1. The predicted molar refractivity (Wildman–Crippen MR) is 81.1 cm³/mol. The Morgan fingerprint density at radius 2 is 2.17 bits per heavy atom. The van der Waals surface area contributed by atoms with Crippen molar-refractivity contribution >= 4 is 12.0 Å². The summed E-state index contributed by atoms with van der Waals surface area (Å²) < 4.78 is 10.8. The highest BCUT2D eigenvalue weighted by Gasteiger charge is 2.38. The van der Waals surface area contributed by atoms with E-state index in [9.17, 15) is 9.59 Å². The Labute approximate surface area is 139 Å². The van der Waals surface area contributed by atoms with Crippen molar-refractivity contribution in [2.24, 2.45) is 11.8 Å². The fraction of sp³-hybridized carbons (Fsp3) is 0.733. The largest absolute Gasteiger partial charge is 0.481 e. The summed E-state index contributed by atoms with van der Waals surface area (Å²) >= 11 is 0. The third-order valence-corrected chi connectivity index (χ3v) is 4.70. The predicted octanol–water partition coefficient (Wildman–Crippen LogP) is 0.960. The maximum atomic E-state index is 12.5. The van der Waals surface area contributed by atoms with Gasteiger partial charge in [-0.2, -0.15) is 4.98 Å². The Morgan fingerprint density at radius 3 is 2.79 bits per heavy atom. The van der Waals surface area contributed by atoms with Gasteiger partial charge in [-0.25, -0.2) is 4.79 Å². The molecule has 0 aliphatic carbocycles. The Hall–Kier alpha value is -2.16. The molecule has 2 aliphatic heterocycles. The third-order valence-electron chi connectivity index (χ3n) is 4.70. The van der Waals surface area contributed by atoms with Gasteiger partial charge in [-0.15, -0.1) is 0 Å². The normalized spacial score (nSPS) is 30.3. The van der Waals surface area contributed by atoms with E-state index in [1.807, 2.05) is 6.92 Å². The first kappa shape index (κ1) is 16.7. The van der Waals surface area contributed by atoms with E-state index in [1.54, 1.807) is 11.8 Å². The molecule has 2 N–H and O–H groups in total. The summed E-state index contributed by atoms with van der Waals surface area (Å²) in [5.41, 5.74) is 0. The van der Waals surface area contributed by atoms with Crippen molar-refractivity contribution in [1.82, 2.24) is 20.4 Å². The molecule has 1 aromatic rings. The average Bonchev–Trinajstić information content (AvgIpc) is 3.15. The minimum Gasteiger partial charge on any atom is -0.481 e. The number of nitrogens with zero attached hydrogens (tertiary/aromatic N) is 3. The van der Waals surface area contributed by atoms with Crippen molar-refractivity contribution in [3.05, 3.63) is 11.7 Å². The lowest BCUT2D eigenvalue weighted by Crippen LogP contribution is -2.51. The van der Waals surface area contributed by atoms with Crippen molar-refractivity contribution in [2.45, 2.75) is 38.8 Å². The number of amides is 2. The summed E-state index contributed by atoms with van der Waals surface area (Å²) in [7, 11) is 0. The standard InChI is InChI=1S/C15H22N4O5/c1-8-7-19(5-3-10(8)14(20)21)15(22)17-11-4-6-23-12(11)13-16-9(2)18-24-13/h8,10-12H,3-7H2,1-2H3,(H,17,22)(H,20,21)/t8?,10?,11-,12+/m1/s1. The van der Waals surface area contributed by atoms with Gasteiger partial charge in [0.25, 0.3) is 5.89 Å². The summed E-state index contributed by atoms with van der Waals surface area (Å²) in [5, 5.41) is 15.9. The number of rotatable bonds is 3. The minimum atomic E-state index is -0.793. The molecule has 2 unspecified atom stereocenters. The van der Waals surface area contributed by atoms with Crippen LogP contribution < -0.4 is 5.32 Å². The first-order valence-corrected chi connectivity index (χ1v) is 8.15. The molecule has 2 amide bonds. The quantitative estimate of drug-likeness (QED) is 0.842. The molecule has 132 valence electrons. The lowest BCUT2D eigenvalue weighted by Gasteiger charge is -2.35. The summed E-state index contributed by atoms with van der Waals surface area (Å²) in [6.07, 6.45) is 0.695. The van der Waals surface area contributed by atoms with Crippen molar-refractivity contribution < 1.29 is 24.0 Å². The van der Waals surface area contributed by atoms with Gasteiger partial charge in [0.15, 0.2) is 11.9 Å². The van der Waals surface area contributed by atoms with E-state index >= 15 is 0 Å². The van der Waals surface area contributed by atoms with Crippen LogP contribution in [0.2, 0.25) is 0 Å². The Balaban J connectivity index is 1.59. The zero-order valence-electron chi connectivity index (χ0n) is 13.8. The number of ether oxygens (including phenoxy) is 1. The van der Waals surface area contributed by atoms with Crippen LogP contribution in [0.4, 0.5) is 4.79 Å². The van der Waals surface area contributed by atoms with Gasteiger partial charge in [0, 0.05) is 19.7 Å². The summed E-state index contributed by atoms with van der Waals surface area (Å²) in [5.74, 6) is -0.365. The van der Waals surface area contributed by atoms with Crippen LogP contribution in [0.25, 0.3) is 0 Å². The molecule has 0 spiro atoms. The molecule has 2 fully saturated rings. The number of hydrogen-bond donors (Lipinski definition) is 2. The second-order valence-corrected chi connectivity index (χ2v) is 6.47. The number of aliphatic carboxylic acids is 1. The molecule has 0 bridgehead atoms. The SMILES string of the molecule is Cc1noc([C@H]2OCC[C@H]2NC(=O)N2CCC(C(=O)O)C(C)C2)n1. The molecule has 1 aromatic heterocycles. The molecule has 0 aromatic carbocycles. The fourth-order valence-electron chi connectivity index (χ4n) is 3.36. The molecular weight excluding hydrogens is 316 g/mol. The molecule has 9 nitrogen and oxygen atoms in total. The molecule has 2 saturated heterocycles. The van der Waals surface area contributed by atoms with E-state index in [4.69, 9.17) is 14.4 Å². The topological polar surface area (TPSA) is 118 Å². The summed E-state index contributed by atoms with van der Waals surface area (Å²) in [6.45, 7) is 4.96. The number of carboxylic acid groups (broad SMARTS) is 1. The number of carboxylic acids is 1. The number of carbonyl (C=O) groups excluding carboxylic acids is 1. The van der Waals surface area contributed by atoms with Crippen molar-refractivity contribution in [3.63, 3.8) is 0 Å². The van der Waals surface area contributed by atoms with Crippen LogP contribution in [-0.2, 0) is 9.53 Å². The number of likely N-dealkylation sites (tertiary alicyclic amines) is 1. The van der Waals surface area contributed by atoms with Crippen LogP contribution in [0.5, 0.6) is 0 Å². The van der Waals surface area contributed by atoms with Gasteiger partial charge in [-0.1, -0.05) is 12.1 Å². The van der Waals surface area contributed by atoms with Crippen LogP contribution in [0.3, 0.4) is 0 Å². The second-order valence-electron chi connectivity index (χ2n) is 6.47. The highest BCUT2D eigenvalue weighted by Crippen LogP contribution is 2.29. The molecule has 24 heavy (non-hydrogen) atoms. The van der Waals surface area contributed by atoms with E-state index in [0.717, 1.165) is 0 Å². The fourth-order valence-corrected chi connectivity index (χ4v) is 3.36. The van der Waals surface area contributed by atoms with Gasteiger partial charge in [-0.05, 0) is 25.7 Å². The van der Waals surface area contributed by atoms with E-state index in [2.05, 4.69) is 15.5 Å². The first-order chi connectivity index (χ1) is 11.5. The molecule has 0 radical (unpaired) electrons. The molecule has 3 heterocycles. The van der Waals surface area contributed by atoms with Gasteiger partial charge >= 0.3 is 12.0 Å². The lowest BCUT2D eigenvalue weighted by atomic mass is 9.87. The first-order valence-electron chi connectivity index (χ1n) is 8.15. The van der Waals surface area contributed by atoms with Gasteiger partial charge < -0.3 is 24.6 Å². The smallest absolute Gasteiger partial charge is 0.317 e. The number of nitrogens with one attached hydrogen (secondary N) is 1. The Morgan fingerprint density at radius 1 is 1.38 bits per heavy atom. The molecular formula is C15H22N4O5. The van der Waals surface area contributed by atoms with Crippen molar-refractivity contribution in [3.8, 4) is 0 Å². The van der Waals surface area contributed by atoms with Gasteiger partial charge in [0.2, 0.25) is 0 Å². The van der Waals surface area contributed by atoms with Crippen LogP contribution in [0, 0.1) is 18.8 Å². The molecule has 9 heteroatoms. The van der Waals surface area contributed by atoms with E-state index < -0.39 is 18.0 Å². The Kier molecular flexibility index (Phi) is 4.70. The molecule has 4 atom stereocenters. The zero-order chi connectivity index (χ0) is 17.3. The number of hydrogen-bond acceptors (Lipinski definition) is 6. The lowest BCUT2D eigenvalue weighted by molar-refractivity contribution is -0.145. The highest BCUT2D eigenvalue weighted by atomic mass is 16.5. The molecule has 2 aliphatic rings. The minimum absolute atomic E-state index is 0.0729. The van der Waals surface area contributed by atoms with Crippen LogP contribution in [0.1, 0.15) is 37.6 Å². The van der Waals surface area contributed by atoms with E-state index in [1.165, 1.54) is 0 Å². The van der Waals surface area contributed by atoms with Gasteiger partial charge in [0.05, 0.1) is 12.0 Å². The average molecular weight is 338 g/mol. The summed E-state index contributed by atoms with van der Waals surface area (Å²) in [6, 6.07) is -0.438. The van der Waals surface area contributed by atoms with Crippen LogP contribution >= 0.6 is 0 Å². The highest BCUT2D eigenvalue weighted by molar-refractivity contribution is 5.76. The van der Waals surface area contributed by atoms with Crippen LogP contribution in [0.15, 0.2) is 4.52 Å². The third kappa shape index (κ3) is 3.35. The number of aromatic nitrogens is 2. The number of carbonyl (C=O) groups is 2. The molecule has 0 saturated carbocycles. The zero-order valence-corrected chi connectivity index (χ0v) is 13.8. The van der Waals surface area contributed by atoms with Crippen molar-refractivity contribution in [2.75, 3.05) is 19.7 Å². The number of urea groups is 1. The monoisotopic (exact) mass is 338 g/mol. The van der Waals surface area contributed by atoms with Crippen LogP contribution in [-0.4, -0.2) is 57.9 Å². The van der Waals surface area contributed by atoms with E-state index in [0.29, 0.717) is 44.3 Å². The van der Waals surface area contributed by atoms with Gasteiger partial charge in [0.1, 0.15) is 0 Å². The van der Waals surface area contributed by atoms with E-state index in [-0.39, 0.29) is 18.0 Å². The maximum Gasteiger partial charge on any atom is 0.317 e. The Bertz CT molecular complexity index is 619. The molecule has 3 rings (SSSR count). The maximum absolute atomic E-state index is 12.5. The number of piperidine rings is 1. The second kappa shape index (κ2) is 6.76. The van der Waals surface area contributed by atoms with Crippen molar-refractivity contribution in [1.29, 1.82) is 0 Å². The van der Waals surface area contributed by atoms with Gasteiger partial charge in [-0.3, -0.25) is 4.79 Å². The summed E-state index contributed by atoms with van der Waals surface area (Å²) in [4.78, 5) is 29.5.